The van der Waals surface area contributed by atoms with Gasteiger partial charge in [0.25, 0.3) is 0 Å². The summed E-state index contributed by atoms with van der Waals surface area (Å²) in [4.78, 5) is 2.67. The number of halogens is 2. The lowest BCUT2D eigenvalue weighted by Crippen LogP contribution is -2.34. The van der Waals surface area contributed by atoms with Crippen LogP contribution in [0.1, 0.15) is 19.8 Å². The summed E-state index contributed by atoms with van der Waals surface area (Å²) in [5.41, 5.74) is 0. The molecule has 118 valence electrons. The highest BCUT2D eigenvalue weighted by Crippen LogP contribution is 2.25. The summed E-state index contributed by atoms with van der Waals surface area (Å²) in [5, 5.41) is 0. The van der Waals surface area contributed by atoms with Crippen molar-refractivity contribution in [3.05, 3.63) is 27.1 Å². The lowest BCUT2D eigenvalue weighted by Gasteiger charge is -2.20. The van der Waals surface area contributed by atoms with Crippen molar-refractivity contribution in [1.29, 1.82) is 0 Å². The second kappa shape index (κ2) is 7.55. The van der Waals surface area contributed by atoms with Crippen LogP contribution < -0.4 is 4.72 Å². The molecule has 1 N–H and O–H groups in total. The van der Waals surface area contributed by atoms with Gasteiger partial charge in [-0.1, -0.05) is 22.9 Å². The zero-order valence-corrected chi connectivity index (χ0v) is 16.0. The number of nitrogens with one attached hydrogen (secondary N) is 1. The number of likely N-dealkylation sites (tertiary alicyclic amines) is 1. The number of benzene rings is 1. The van der Waals surface area contributed by atoms with Crippen molar-refractivity contribution in [3.8, 4) is 0 Å². The first-order chi connectivity index (χ1) is 9.88. The molecular weight excluding hydrogens is 420 g/mol. The van der Waals surface area contributed by atoms with Crippen molar-refractivity contribution < 1.29 is 8.42 Å². The molecule has 1 fully saturated rings. The molecule has 1 saturated heterocycles. The molecule has 0 bridgehead atoms. The van der Waals surface area contributed by atoms with Gasteiger partial charge in [-0.25, -0.2) is 13.1 Å². The van der Waals surface area contributed by atoms with Gasteiger partial charge in [-0.3, -0.25) is 0 Å². The van der Waals surface area contributed by atoms with Crippen LogP contribution in [-0.2, 0) is 10.0 Å². The molecular formula is C14H20Br2N2O2S. The summed E-state index contributed by atoms with van der Waals surface area (Å²) in [6, 6.07) is 5.07. The summed E-state index contributed by atoms with van der Waals surface area (Å²) in [6.07, 6.45) is 2.51. The lowest BCUT2D eigenvalue weighted by molar-refractivity contribution is 0.288. The van der Waals surface area contributed by atoms with E-state index in [9.17, 15) is 8.42 Å². The quantitative estimate of drug-likeness (QED) is 0.740. The highest BCUT2D eigenvalue weighted by Gasteiger charge is 2.20. The standard InChI is InChI=1S/C14H20Br2N2O2S/c1-11(10-18-6-2-3-7-18)9-17-21(19,20)14-5-4-12(15)8-13(14)16/h4-5,8,11,17H,2-3,6-7,9-10H2,1H3. The van der Waals surface area contributed by atoms with Crippen LogP contribution >= 0.6 is 31.9 Å². The summed E-state index contributed by atoms with van der Waals surface area (Å²) in [6.45, 7) is 5.76. The van der Waals surface area contributed by atoms with E-state index in [4.69, 9.17) is 0 Å². The van der Waals surface area contributed by atoms with E-state index < -0.39 is 10.0 Å². The van der Waals surface area contributed by atoms with Crippen LogP contribution in [-0.4, -0.2) is 39.5 Å². The molecule has 1 aliphatic rings. The number of hydrogen-bond acceptors (Lipinski definition) is 3. The first kappa shape index (κ1) is 17.4. The molecule has 1 unspecified atom stereocenters. The molecule has 0 radical (unpaired) electrons. The monoisotopic (exact) mass is 438 g/mol. The summed E-state index contributed by atoms with van der Waals surface area (Å²) < 4.78 is 28.8. The van der Waals surface area contributed by atoms with Gasteiger partial charge < -0.3 is 4.90 Å². The third-order valence-electron chi connectivity index (χ3n) is 3.57. The summed E-state index contributed by atoms with van der Waals surface area (Å²) in [7, 11) is -3.47. The Bertz CT molecular complexity index is 587. The third kappa shape index (κ3) is 5.03. The fourth-order valence-electron chi connectivity index (χ4n) is 2.49. The van der Waals surface area contributed by atoms with Crippen molar-refractivity contribution >= 4 is 41.9 Å². The molecule has 0 saturated carbocycles. The van der Waals surface area contributed by atoms with Crippen LogP contribution in [0.25, 0.3) is 0 Å². The van der Waals surface area contributed by atoms with Gasteiger partial charge in [-0.05, 0) is 66.0 Å². The normalized spacial score (nSPS) is 18.0. The van der Waals surface area contributed by atoms with E-state index in [-0.39, 0.29) is 4.90 Å². The van der Waals surface area contributed by atoms with Crippen molar-refractivity contribution in [3.63, 3.8) is 0 Å². The molecule has 2 rings (SSSR count). The van der Waals surface area contributed by atoms with Gasteiger partial charge in [-0.15, -0.1) is 0 Å². The average Bonchev–Trinajstić information content (AvgIpc) is 2.89. The number of hydrogen-bond donors (Lipinski definition) is 1. The summed E-state index contributed by atoms with van der Waals surface area (Å²) >= 11 is 6.63. The molecule has 1 aromatic carbocycles. The molecule has 4 nitrogen and oxygen atoms in total. The minimum absolute atomic E-state index is 0.277. The highest BCUT2D eigenvalue weighted by molar-refractivity contribution is 9.11. The number of rotatable bonds is 6. The van der Waals surface area contributed by atoms with E-state index in [1.54, 1.807) is 18.2 Å². The Kier molecular flexibility index (Phi) is 6.25. The predicted octanol–water partition coefficient (Wildman–Crippen LogP) is 3.22. The second-order valence-corrected chi connectivity index (χ2v) is 9.04. The lowest BCUT2D eigenvalue weighted by atomic mass is 10.2. The highest BCUT2D eigenvalue weighted by atomic mass is 79.9. The van der Waals surface area contributed by atoms with E-state index in [0.29, 0.717) is 16.9 Å². The van der Waals surface area contributed by atoms with E-state index in [0.717, 1.165) is 24.1 Å². The van der Waals surface area contributed by atoms with E-state index in [2.05, 4.69) is 48.4 Å². The van der Waals surface area contributed by atoms with Crippen LogP contribution in [0, 0.1) is 5.92 Å². The topological polar surface area (TPSA) is 49.4 Å². The van der Waals surface area contributed by atoms with Crippen LogP contribution in [0.3, 0.4) is 0 Å². The van der Waals surface area contributed by atoms with Gasteiger partial charge in [0.2, 0.25) is 10.0 Å². The average molecular weight is 440 g/mol. The first-order valence-electron chi connectivity index (χ1n) is 7.05. The molecule has 1 aromatic rings. The molecule has 0 spiro atoms. The zero-order valence-electron chi connectivity index (χ0n) is 12.0. The van der Waals surface area contributed by atoms with E-state index >= 15 is 0 Å². The SMILES string of the molecule is CC(CNS(=O)(=O)c1ccc(Br)cc1Br)CN1CCCC1. The minimum atomic E-state index is -3.47. The van der Waals surface area contributed by atoms with Crippen LogP contribution in [0.15, 0.2) is 32.0 Å². The first-order valence-corrected chi connectivity index (χ1v) is 10.1. The van der Waals surface area contributed by atoms with Crippen molar-refractivity contribution in [2.75, 3.05) is 26.2 Å². The molecule has 7 heteroatoms. The molecule has 0 aromatic heterocycles. The number of nitrogens with zero attached hydrogens (tertiary/aromatic N) is 1. The zero-order chi connectivity index (χ0) is 15.5. The van der Waals surface area contributed by atoms with Crippen LogP contribution in [0.4, 0.5) is 0 Å². The van der Waals surface area contributed by atoms with Crippen molar-refractivity contribution in [2.45, 2.75) is 24.7 Å². The molecule has 21 heavy (non-hydrogen) atoms. The van der Waals surface area contributed by atoms with E-state index in [1.807, 2.05) is 0 Å². The Balaban J connectivity index is 1.94. The van der Waals surface area contributed by atoms with Gasteiger partial charge in [0.1, 0.15) is 0 Å². The smallest absolute Gasteiger partial charge is 0.241 e. The van der Waals surface area contributed by atoms with Gasteiger partial charge in [0, 0.05) is 22.0 Å². The maximum absolute atomic E-state index is 12.3. The van der Waals surface area contributed by atoms with Gasteiger partial charge in [0.05, 0.1) is 4.90 Å². The second-order valence-electron chi connectivity index (χ2n) is 5.54. The minimum Gasteiger partial charge on any atom is -0.303 e. The largest absolute Gasteiger partial charge is 0.303 e. The maximum atomic E-state index is 12.3. The van der Waals surface area contributed by atoms with Crippen LogP contribution in [0.2, 0.25) is 0 Å². The Hall–Kier alpha value is 0.0500. The fraction of sp³-hybridized carbons (Fsp3) is 0.571. The molecule has 1 aliphatic heterocycles. The van der Waals surface area contributed by atoms with E-state index in [1.165, 1.54) is 12.8 Å². The van der Waals surface area contributed by atoms with Crippen molar-refractivity contribution in [1.82, 2.24) is 9.62 Å². The molecule has 1 heterocycles. The Morgan fingerprint density at radius 2 is 1.95 bits per heavy atom. The molecule has 0 aliphatic carbocycles. The Morgan fingerprint density at radius 1 is 1.29 bits per heavy atom. The van der Waals surface area contributed by atoms with Gasteiger partial charge in [0.15, 0.2) is 0 Å². The molecule has 1 atom stereocenters. The van der Waals surface area contributed by atoms with Gasteiger partial charge in [-0.2, -0.15) is 0 Å². The maximum Gasteiger partial charge on any atom is 0.241 e. The summed E-state index contributed by atoms with van der Waals surface area (Å²) in [5.74, 6) is 0.298. The van der Waals surface area contributed by atoms with Gasteiger partial charge >= 0.3 is 0 Å². The Morgan fingerprint density at radius 3 is 2.57 bits per heavy atom. The number of sulfonamides is 1. The van der Waals surface area contributed by atoms with Crippen molar-refractivity contribution in [2.24, 2.45) is 5.92 Å². The fourth-order valence-corrected chi connectivity index (χ4v) is 5.40. The van der Waals surface area contributed by atoms with Crippen LogP contribution in [0.5, 0.6) is 0 Å². The Labute approximate surface area is 143 Å². The predicted molar refractivity (Wildman–Crippen MR) is 91.9 cm³/mol. The third-order valence-corrected chi connectivity index (χ3v) is 6.47. The molecule has 0 amide bonds.